The highest BCUT2D eigenvalue weighted by molar-refractivity contribution is 5.70. The Hall–Kier alpha value is -1.49. The van der Waals surface area contributed by atoms with E-state index in [1.54, 1.807) is 12.1 Å². The Morgan fingerprint density at radius 3 is 2.95 bits per heavy atom. The number of piperidine rings is 1. The van der Waals surface area contributed by atoms with Gasteiger partial charge in [0.15, 0.2) is 0 Å². The lowest BCUT2D eigenvalue weighted by Gasteiger charge is -2.30. The fourth-order valence-electron chi connectivity index (χ4n) is 2.49. The predicted molar refractivity (Wildman–Crippen MR) is 67.0 cm³/mol. The number of nitrogens with zero attached hydrogens (tertiary/aromatic N) is 1. The molecule has 2 rings (SSSR count). The molecular formula is C14H17F2NO2. The SMILES string of the molecule is O=C(O)C1CCCN(Cc2cccc(C(F)F)c2)C1. The first-order chi connectivity index (χ1) is 9.06. The van der Waals surface area contributed by atoms with Gasteiger partial charge < -0.3 is 5.11 Å². The molecule has 1 N–H and O–H groups in total. The third-order valence-electron chi connectivity index (χ3n) is 3.46. The Labute approximate surface area is 110 Å². The van der Waals surface area contributed by atoms with E-state index in [9.17, 15) is 13.6 Å². The van der Waals surface area contributed by atoms with Gasteiger partial charge in [-0.2, -0.15) is 0 Å². The summed E-state index contributed by atoms with van der Waals surface area (Å²) >= 11 is 0. The molecule has 0 amide bonds. The number of carboxylic acid groups (broad SMARTS) is 1. The van der Waals surface area contributed by atoms with E-state index < -0.39 is 12.4 Å². The van der Waals surface area contributed by atoms with Crippen molar-refractivity contribution < 1.29 is 18.7 Å². The van der Waals surface area contributed by atoms with E-state index >= 15 is 0 Å². The molecule has 1 fully saturated rings. The van der Waals surface area contributed by atoms with Crippen molar-refractivity contribution in [1.82, 2.24) is 4.90 Å². The highest BCUT2D eigenvalue weighted by atomic mass is 19.3. The first kappa shape index (κ1) is 13.9. The van der Waals surface area contributed by atoms with Crippen molar-refractivity contribution in [2.45, 2.75) is 25.8 Å². The van der Waals surface area contributed by atoms with Crippen molar-refractivity contribution in [3.05, 3.63) is 35.4 Å². The fourth-order valence-corrected chi connectivity index (χ4v) is 2.49. The van der Waals surface area contributed by atoms with Crippen LogP contribution < -0.4 is 0 Å². The lowest BCUT2D eigenvalue weighted by Crippen LogP contribution is -2.38. The van der Waals surface area contributed by atoms with Gasteiger partial charge in [-0.15, -0.1) is 0 Å². The second-order valence-electron chi connectivity index (χ2n) is 4.96. The number of hydrogen-bond donors (Lipinski definition) is 1. The van der Waals surface area contributed by atoms with Crippen molar-refractivity contribution in [2.75, 3.05) is 13.1 Å². The van der Waals surface area contributed by atoms with E-state index in [2.05, 4.69) is 0 Å². The smallest absolute Gasteiger partial charge is 0.307 e. The van der Waals surface area contributed by atoms with Crippen LogP contribution in [0, 0.1) is 5.92 Å². The van der Waals surface area contributed by atoms with Gasteiger partial charge in [-0.1, -0.05) is 18.2 Å². The molecule has 1 aliphatic heterocycles. The summed E-state index contributed by atoms with van der Waals surface area (Å²) in [4.78, 5) is 13.0. The number of benzene rings is 1. The fraction of sp³-hybridized carbons (Fsp3) is 0.500. The summed E-state index contributed by atoms with van der Waals surface area (Å²) in [5.74, 6) is -1.11. The third kappa shape index (κ3) is 3.73. The number of hydrogen-bond acceptors (Lipinski definition) is 2. The molecule has 19 heavy (non-hydrogen) atoms. The molecule has 0 radical (unpaired) electrons. The molecule has 0 saturated carbocycles. The van der Waals surface area contributed by atoms with Gasteiger partial charge in [0.25, 0.3) is 6.43 Å². The summed E-state index contributed by atoms with van der Waals surface area (Å²) in [5.41, 5.74) is 0.827. The molecule has 1 saturated heterocycles. The van der Waals surface area contributed by atoms with Crippen molar-refractivity contribution in [1.29, 1.82) is 0 Å². The van der Waals surface area contributed by atoms with E-state index in [4.69, 9.17) is 5.11 Å². The van der Waals surface area contributed by atoms with Gasteiger partial charge >= 0.3 is 5.97 Å². The number of likely N-dealkylation sites (tertiary alicyclic amines) is 1. The van der Waals surface area contributed by atoms with Gasteiger partial charge in [0, 0.05) is 18.7 Å². The zero-order valence-electron chi connectivity index (χ0n) is 10.6. The molecule has 1 atom stereocenters. The summed E-state index contributed by atoms with van der Waals surface area (Å²) in [6.07, 6.45) is -0.929. The molecule has 0 aromatic heterocycles. The van der Waals surface area contributed by atoms with Crippen LogP contribution in [-0.2, 0) is 11.3 Å². The van der Waals surface area contributed by atoms with Crippen LogP contribution in [0.3, 0.4) is 0 Å². The molecule has 1 aromatic carbocycles. The maximum Gasteiger partial charge on any atom is 0.307 e. The molecule has 0 spiro atoms. The van der Waals surface area contributed by atoms with E-state index in [0.29, 0.717) is 19.5 Å². The van der Waals surface area contributed by atoms with Crippen LogP contribution in [0.2, 0.25) is 0 Å². The second-order valence-corrected chi connectivity index (χ2v) is 4.96. The van der Waals surface area contributed by atoms with Crippen LogP contribution in [-0.4, -0.2) is 29.1 Å². The number of carboxylic acids is 1. The van der Waals surface area contributed by atoms with Gasteiger partial charge in [-0.05, 0) is 31.0 Å². The Kier molecular flexibility index (Phi) is 4.47. The van der Waals surface area contributed by atoms with Gasteiger partial charge in [0.1, 0.15) is 0 Å². The van der Waals surface area contributed by atoms with E-state index in [-0.39, 0.29) is 11.5 Å². The summed E-state index contributed by atoms with van der Waals surface area (Å²) in [6, 6.07) is 6.32. The Balaban J connectivity index is 2.00. The Morgan fingerprint density at radius 1 is 1.47 bits per heavy atom. The van der Waals surface area contributed by atoms with Gasteiger partial charge in [-0.25, -0.2) is 8.78 Å². The minimum Gasteiger partial charge on any atom is -0.481 e. The zero-order valence-corrected chi connectivity index (χ0v) is 10.6. The highest BCUT2D eigenvalue weighted by Crippen LogP contribution is 2.22. The third-order valence-corrected chi connectivity index (χ3v) is 3.46. The van der Waals surface area contributed by atoms with E-state index in [0.717, 1.165) is 18.5 Å². The standard InChI is InChI=1S/C14H17F2NO2/c15-13(16)11-4-1-3-10(7-11)8-17-6-2-5-12(9-17)14(18)19/h1,3-4,7,12-13H,2,5-6,8-9H2,(H,18,19). The molecule has 0 aliphatic carbocycles. The number of halogens is 2. The molecule has 1 heterocycles. The van der Waals surface area contributed by atoms with Crippen LogP contribution in [0.1, 0.15) is 30.4 Å². The van der Waals surface area contributed by atoms with Gasteiger partial charge in [0.2, 0.25) is 0 Å². The highest BCUT2D eigenvalue weighted by Gasteiger charge is 2.25. The minimum atomic E-state index is -2.46. The summed E-state index contributed by atoms with van der Waals surface area (Å²) in [5, 5.41) is 9.01. The Morgan fingerprint density at radius 2 is 2.26 bits per heavy atom. The lowest BCUT2D eigenvalue weighted by molar-refractivity contribution is -0.143. The van der Waals surface area contributed by atoms with Crippen LogP contribution in [0.5, 0.6) is 0 Å². The van der Waals surface area contributed by atoms with Gasteiger partial charge in [-0.3, -0.25) is 9.69 Å². The lowest BCUT2D eigenvalue weighted by atomic mass is 9.98. The number of carbonyl (C=O) groups is 1. The first-order valence-corrected chi connectivity index (χ1v) is 6.38. The topological polar surface area (TPSA) is 40.5 Å². The largest absolute Gasteiger partial charge is 0.481 e. The van der Waals surface area contributed by atoms with Crippen LogP contribution in [0.4, 0.5) is 8.78 Å². The quantitative estimate of drug-likeness (QED) is 0.913. The molecule has 104 valence electrons. The zero-order chi connectivity index (χ0) is 13.8. The maximum atomic E-state index is 12.6. The normalized spacial score (nSPS) is 20.7. The van der Waals surface area contributed by atoms with E-state index in [1.807, 2.05) is 4.90 Å². The van der Waals surface area contributed by atoms with Crippen molar-refractivity contribution >= 4 is 5.97 Å². The summed E-state index contributed by atoms with van der Waals surface area (Å²) in [7, 11) is 0. The molecule has 0 bridgehead atoms. The predicted octanol–water partition coefficient (Wildman–Crippen LogP) is 2.92. The first-order valence-electron chi connectivity index (χ1n) is 6.38. The number of alkyl halides is 2. The Bertz CT molecular complexity index is 451. The van der Waals surface area contributed by atoms with Crippen LogP contribution in [0.15, 0.2) is 24.3 Å². The van der Waals surface area contributed by atoms with E-state index in [1.165, 1.54) is 12.1 Å². The van der Waals surface area contributed by atoms with Crippen molar-refractivity contribution in [3.8, 4) is 0 Å². The maximum absolute atomic E-state index is 12.6. The van der Waals surface area contributed by atoms with Crippen LogP contribution >= 0.6 is 0 Å². The van der Waals surface area contributed by atoms with Crippen molar-refractivity contribution in [3.63, 3.8) is 0 Å². The average molecular weight is 269 g/mol. The number of aliphatic carboxylic acids is 1. The molecule has 5 heteroatoms. The number of rotatable bonds is 4. The summed E-state index contributed by atoms with van der Waals surface area (Å²) in [6.45, 7) is 1.85. The average Bonchev–Trinajstić information content (AvgIpc) is 2.39. The van der Waals surface area contributed by atoms with Crippen LogP contribution in [0.25, 0.3) is 0 Å². The van der Waals surface area contributed by atoms with Gasteiger partial charge in [0.05, 0.1) is 5.92 Å². The van der Waals surface area contributed by atoms with Crippen molar-refractivity contribution in [2.24, 2.45) is 5.92 Å². The molecule has 1 aliphatic rings. The molecule has 1 aromatic rings. The molecule has 1 unspecified atom stereocenters. The summed E-state index contributed by atoms with van der Waals surface area (Å²) < 4.78 is 25.2. The molecule has 3 nitrogen and oxygen atoms in total. The monoisotopic (exact) mass is 269 g/mol. The molecular weight excluding hydrogens is 252 g/mol. The second kappa shape index (κ2) is 6.10. The minimum absolute atomic E-state index is 0.0179.